The van der Waals surface area contributed by atoms with Gasteiger partial charge in [0.1, 0.15) is 5.75 Å². The molecule has 1 aliphatic rings. The second-order valence-corrected chi connectivity index (χ2v) is 4.32. The quantitative estimate of drug-likeness (QED) is 0.767. The third-order valence-electron chi connectivity index (χ3n) is 2.77. The van der Waals surface area contributed by atoms with E-state index in [1.54, 1.807) is 6.08 Å². The molecule has 3 nitrogen and oxygen atoms in total. The summed E-state index contributed by atoms with van der Waals surface area (Å²) < 4.78 is 5.62. The summed E-state index contributed by atoms with van der Waals surface area (Å²) in [5.41, 5.74) is 0.844. The molecule has 0 aromatic heterocycles. The van der Waals surface area contributed by atoms with Gasteiger partial charge in [-0.3, -0.25) is 0 Å². The fourth-order valence-electron chi connectivity index (χ4n) is 1.63. The van der Waals surface area contributed by atoms with Crippen molar-refractivity contribution >= 4 is 12.0 Å². The van der Waals surface area contributed by atoms with Crippen LogP contribution in [0.1, 0.15) is 24.8 Å². The maximum Gasteiger partial charge on any atom is 0.328 e. The fraction of sp³-hybridized carbons (Fsp3) is 0.357. The van der Waals surface area contributed by atoms with Crippen molar-refractivity contribution in [2.24, 2.45) is 5.92 Å². The number of carbonyl (C=O) groups is 1. The van der Waals surface area contributed by atoms with Crippen molar-refractivity contribution < 1.29 is 14.6 Å². The molecule has 0 heterocycles. The van der Waals surface area contributed by atoms with Gasteiger partial charge in [-0.1, -0.05) is 25.0 Å². The Morgan fingerprint density at radius 1 is 1.47 bits per heavy atom. The summed E-state index contributed by atoms with van der Waals surface area (Å²) in [6.07, 6.45) is 6.49. The van der Waals surface area contributed by atoms with Crippen molar-refractivity contribution in [1.82, 2.24) is 0 Å². The molecule has 1 aromatic carbocycles. The molecule has 0 aliphatic heterocycles. The van der Waals surface area contributed by atoms with Crippen LogP contribution in [0.4, 0.5) is 0 Å². The van der Waals surface area contributed by atoms with E-state index in [0.717, 1.165) is 36.3 Å². The van der Waals surface area contributed by atoms with Crippen molar-refractivity contribution in [2.75, 3.05) is 6.61 Å². The van der Waals surface area contributed by atoms with Gasteiger partial charge in [0.05, 0.1) is 6.61 Å². The van der Waals surface area contributed by atoms with E-state index in [1.165, 1.54) is 12.8 Å². The lowest BCUT2D eigenvalue weighted by Crippen LogP contribution is -1.98. The minimum atomic E-state index is -0.940. The summed E-state index contributed by atoms with van der Waals surface area (Å²) in [6.45, 7) is 0.747. The van der Waals surface area contributed by atoms with Gasteiger partial charge in [0.2, 0.25) is 0 Å². The molecule has 0 unspecified atom stereocenters. The smallest absolute Gasteiger partial charge is 0.328 e. The molecule has 0 atom stereocenters. The van der Waals surface area contributed by atoms with Crippen LogP contribution in [-0.2, 0) is 4.79 Å². The summed E-state index contributed by atoms with van der Waals surface area (Å²) in [6, 6.07) is 7.47. The van der Waals surface area contributed by atoms with Gasteiger partial charge in [-0.25, -0.2) is 4.79 Å². The molecule has 1 N–H and O–H groups in total. The first-order valence-corrected chi connectivity index (χ1v) is 5.88. The highest BCUT2D eigenvalue weighted by Crippen LogP contribution is 2.32. The zero-order valence-electron chi connectivity index (χ0n) is 9.63. The summed E-state index contributed by atoms with van der Waals surface area (Å²) >= 11 is 0. The number of hydrogen-bond donors (Lipinski definition) is 1. The first-order chi connectivity index (χ1) is 8.24. The van der Waals surface area contributed by atoms with Crippen LogP contribution in [0.5, 0.6) is 5.75 Å². The minimum Gasteiger partial charge on any atom is -0.494 e. The Bertz CT molecular complexity index is 419. The molecule has 0 radical (unpaired) electrons. The molecular weight excluding hydrogens is 216 g/mol. The van der Waals surface area contributed by atoms with Crippen molar-refractivity contribution in [3.8, 4) is 5.75 Å². The van der Waals surface area contributed by atoms with Crippen LogP contribution < -0.4 is 4.74 Å². The number of aliphatic carboxylic acids is 1. The summed E-state index contributed by atoms with van der Waals surface area (Å²) in [5.74, 6) is 0.730. The van der Waals surface area contributed by atoms with Gasteiger partial charge in [0.25, 0.3) is 0 Å². The van der Waals surface area contributed by atoms with E-state index in [0.29, 0.717) is 0 Å². The fourth-order valence-corrected chi connectivity index (χ4v) is 1.63. The topological polar surface area (TPSA) is 46.5 Å². The Morgan fingerprint density at radius 2 is 2.29 bits per heavy atom. The molecule has 2 rings (SSSR count). The predicted molar refractivity (Wildman–Crippen MR) is 65.9 cm³/mol. The van der Waals surface area contributed by atoms with E-state index in [2.05, 4.69) is 0 Å². The van der Waals surface area contributed by atoms with Gasteiger partial charge in [-0.15, -0.1) is 0 Å². The van der Waals surface area contributed by atoms with Crippen LogP contribution >= 0.6 is 0 Å². The summed E-state index contributed by atoms with van der Waals surface area (Å²) in [4.78, 5) is 10.4. The molecule has 17 heavy (non-hydrogen) atoms. The summed E-state index contributed by atoms with van der Waals surface area (Å²) in [7, 11) is 0. The van der Waals surface area contributed by atoms with Crippen molar-refractivity contribution in [3.63, 3.8) is 0 Å². The van der Waals surface area contributed by atoms with Gasteiger partial charge in [-0.05, 0) is 36.1 Å². The Balaban J connectivity index is 1.88. The predicted octanol–water partition coefficient (Wildman–Crippen LogP) is 2.96. The number of hydrogen-bond acceptors (Lipinski definition) is 2. The Kier molecular flexibility index (Phi) is 3.81. The monoisotopic (exact) mass is 232 g/mol. The molecule has 0 amide bonds. The van der Waals surface area contributed by atoms with Crippen molar-refractivity contribution in [1.29, 1.82) is 0 Å². The zero-order valence-corrected chi connectivity index (χ0v) is 9.63. The molecule has 0 bridgehead atoms. The van der Waals surface area contributed by atoms with Crippen LogP contribution in [0.25, 0.3) is 6.08 Å². The number of carboxylic acid groups (broad SMARTS) is 1. The first-order valence-electron chi connectivity index (χ1n) is 5.88. The summed E-state index contributed by atoms with van der Waals surface area (Å²) in [5, 5.41) is 8.54. The van der Waals surface area contributed by atoms with Gasteiger partial charge in [0.15, 0.2) is 0 Å². The SMILES string of the molecule is O=C(O)C=Cc1cccc(OCCC2CC2)c1. The molecule has 1 saturated carbocycles. The van der Waals surface area contributed by atoms with Gasteiger partial charge in [-0.2, -0.15) is 0 Å². The number of carboxylic acids is 1. The van der Waals surface area contributed by atoms with E-state index < -0.39 is 5.97 Å². The Morgan fingerprint density at radius 3 is 3.00 bits per heavy atom. The molecular formula is C14H16O3. The normalized spacial score (nSPS) is 15.1. The van der Waals surface area contributed by atoms with Crippen molar-refractivity contribution in [3.05, 3.63) is 35.9 Å². The Hall–Kier alpha value is -1.77. The first kappa shape index (κ1) is 11.7. The lowest BCUT2D eigenvalue weighted by molar-refractivity contribution is -0.131. The molecule has 0 saturated heterocycles. The van der Waals surface area contributed by atoms with E-state index in [-0.39, 0.29) is 0 Å². The molecule has 90 valence electrons. The van der Waals surface area contributed by atoms with E-state index >= 15 is 0 Å². The van der Waals surface area contributed by atoms with Crippen LogP contribution in [0.15, 0.2) is 30.3 Å². The van der Waals surface area contributed by atoms with Gasteiger partial charge < -0.3 is 9.84 Å². The number of ether oxygens (including phenoxy) is 1. The maximum absolute atomic E-state index is 10.4. The molecule has 3 heteroatoms. The van der Waals surface area contributed by atoms with Crippen LogP contribution in [0.2, 0.25) is 0 Å². The van der Waals surface area contributed by atoms with Crippen LogP contribution in [0, 0.1) is 5.92 Å². The van der Waals surface area contributed by atoms with Crippen molar-refractivity contribution in [2.45, 2.75) is 19.3 Å². The minimum absolute atomic E-state index is 0.747. The largest absolute Gasteiger partial charge is 0.494 e. The zero-order chi connectivity index (χ0) is 12.1. The lowest BCUT2D eigenvalue weighted by atomic mass is 10.2. The third kappa shape index (κ3) is 4.31. The Labute approximate surface area is 101 Å². The standard InChI is InChI=1S/C14H16O3/c15-14(16)7-6-12-2-1-3-13(10-12)17-9-8-11-4-5-11/h1-3,6-7,10-11H,4-5,8-9H2,(H,15,16). The third-order valence-corrected chi connectivity index (χ3v) is 2.77. The highest BCUT2D eigenvalue weighted by molar-refractivity contribution is 5.85. The van der Waals surface area contributed by atoms with Gasteiger partial charge >= 0.3 is 5.97 Å². The highest BCUT2D eigenvalue weighted by atomic mass is 16.5. The molecule has 1 fully saturated rings. The number of benzene rings is 1. The maximum atomic E-state index is 10.4. The van der Waals surface area contributed by atoms with Crippen LogP contribution in [0.3, 0.4) is 0 Å². The molecule has 1 aliphatic carbocycles. The van der Waals surface area contributed by atoms with E-state index in [9.17, 15) is 4.79 Å². The average Bonchev–Trinajstić information content (AvgIpc) is 3.11. The van der Waals surface area contributed by atoms with Gasteiger partial charge in [0, 0.05) is 6.08 Å². The molecule has 1 aromatic rings. The van der Waals surface area contributed by atoms with Crippen LogP contribution in [-0.4, -0.2) is 17.7 Å². The van der Waals surface area contributed by atoms with E-state index in [4.69, 9.17) is 9.84 Å². The number of rotatable bonds is 6. The molecule has 0 spiro atoms. The highest BCUT2D eigenvalue weighted by Gasteiger charge is 2.20. The van der Waals surface area contributed by atoms with E-state index in [1.807, 2.05) is 24.3 Å². The average molecular weight is 232 g/mol. The second kappa shape index (κ2) is 5.53. The lowest BCUT2D eigenvalue weighted by Gasteiger charge is -2.05. The second-order valence-electron chi connectivity index (χ2n) is 4.32.